The molecule has 0 saturated carbocycles. The Hall–Kier alpha value is -2.42. The monoisotopic (exact) mass is 484 g/mol. The highest BCUT2D eigenvalue weighted by molar-refractivity contribution is 7.99. The Morgan fingerprint density at radius 2 is 1.67 bits per heavy atom. The van der Waals surface area contributed by atoms with Crippen molar-refractivity contribution in [3.05, 3.63) is 76.4 Å². The number of fused-ring (bicyclic) bond motifs is 1. The van der Waals surface area contributed by atoms with Crippen LogP contribution in [0.3, 0.4) is 0 Å². The lowest BCUT2D eigenvalue weighted by Crippen LogP contribution is -2.31. The van der Waals surface area contributed by atoms with Gasteiger partial charge in [0.25, 0.3) is 0 Å². The van der Waals surface area contributed by atoms with Crippen LogP contribution in [0.15, 0.2) is 59.2 Å². The lowest BCUT2D eigenvalue weighted by Gasteiger charge is -2.30. The number of nitrogens with zero attached hydrogens (tertiary/aromatic N) is 2. The summed E-state index contributed by atoms with van der Waals surface area (Å²) in [4.78, 5) is 0. The van der Waals surface area contributed by atoms with Crippen molar-refractivity contribution in [2.45, 2.75) is 31.7 Å². The van der Waals surface area contributed by atoms with E-state index in [1.165, 1.54) is 18.2 Å². The molecule has 2 heterocycles. The minimum Gasteiger partial charge on any atom is -0.289 e. The molecule has 0 bridgehead atoms. The Labute approximate surface area is 192 Å². The number of alkyl halides is 6. The van der Waals surface area contributed by atoms with Crippen LogP contribution in [-0.2, 0) is 12.4 Å². The average Bonchev–Trinajstić information content (AvgIpc) is 3.12. The maximum atomic E-state index is 13.3. The van der Waals surface area contributed by atoms with Crippen LogP contribution in [0.25, 0.3) is 6.08 Å². The van der Waals surface area contributed by atoms with E-state index >= 15 is 0 Å². The molecule has 0 radical (unpaired) electrons. The van der Waals surface area contributed by atoms with Gasteiger partial charge in [0.2, 0.25) is 0 Å². The summed E-state index contributed by atoms with van der Waals surface area (Å²) >= 11 is 1.62. The van der Waals surface area contributed by atoms with E-state index < -0.39 is 23.5 Å². The molecule has 9 heteroatoms. The van der Waals surface area contributed by atoms with Gasteiger partial charge in [0, 0.05) is 24.0 Å². The molecule has 2 unspecified atom stereocenters. The molecule has 176 valence electrons. The predicted octanol–water partition coefficient (Wildman–Crippen LogP) is 7.29. The zero-order chi connectivity index (χ0) is 23.8. The number of halogens is 6. The Morgan fingerprint density at radius 3 is 2.33 bits per heavy atom. The molecule has 2 atom stereocenters. The van der Waals surface area contributed by atoms with Gasteiger partial charge in [0.15, 0.2) is 0 Å². The summed E-state index contributed by atoms with van der Waals surface area (Å²) in [5.41, 5.74) is 1.11. The second-order valence-corrected chi connectivity index (χ2v) is 9.16. The van der Waals surface area contributed by atoms with Crippen LogP contribution >= 0.6 is 11.8 Å². The third kappa shape index (κ3) is 5.08. The Balaban J connectivity index is 1.70. The molecule has 33 heavy (non-hydrogen) atoms. The van der Waals surface area contributed by atoms with Crippen LogP contribution in [0.5, 0.6) is 0 Å². The minimum absolute atomic E-state index is 0.143. The first kappa shape index (κ1) is 23.7. The van der Waals surface area contributed by atoms with E-state index in [0.717, 1.165) is 35.9 Å². The van der Waals surface area contributed by atoms with Gasteiger partial charge in [-0.3, -0.25) is 5.01 Å². The van der Waals surface area contributed by atoms with Gasteiger partial charge in [0.05, 0.1) is 22.9 Å². The number of thioether (sulfide) groups is 1. The van der Waals surface area contributed by atoms with Crippen molar-refractivity contribution >= 4 is 23.5 Å². The summed E-state index contributed by atoms with van der Waals surface area (Å²) in [5, 5.41) is 6.60. The molecule has 0 spiro atoms. The third-order valence-electron chi connectivity index (χ3n) is 5.74. The van der Waals surface area contributed by atoms with Crippen molar-refractivity contribution < 1.29 is 26.3 Å². The van der Waals surface area contributed by atoms with E-state index in [0.29, 0.717) is 29.2 Å². The van der Waals surface area contributed by atoms with Gasteiger partial charge in [-0.25, -0.2) is 0 Å². The molecule has 2 aromatic carbocycles. The molecule has 2 aliphatic heterocycles. The Bertz CT molecular complexity index is 1070. The van der Waals surface area contributed by atoms with Gasteiger partial charge in [-0.2, -0.15) is 43.2 Å². The molecular formula is C24H22F6N2S. The molecule has 0 N–H and O–H groups in total. The zero-order valence-electron chi connectivity index (χ0n) is 17.7. The summed E-state index contributed by atoms with van der Waals surface area (Å²) in [6, 6.07) is 10.1. The van der Waals surface area contributed by atoms with Crippen LogP contribution in [0.4, 0.5) is 26.3 Å². The van der Waals surface area contributed by atoms with Crippen molar-refractivity contribution in [3.8, 4) is 0 Å². The quantitative estimate of drug-likeness (QED) is 0.424. The lowest BCUT2D eigenvalue weighted by molar-refractivity contribution is -0.138. The summed E-state index contributed by atoms with van der Waals surface area (Å²) in [7, 11) is 0. The Morgan fingerprint density at radius 1 is 1.00 bits per heavy atom. The first-order valence-corrected chi connectivity index (χ1v) is 11.7. The summed E-state index contributed by atoms with van der Waals surface area (Å²) in [5.74, 6) is 1.12. The van der Waals surface area contributed by atoms with Gasteiger partial charge >= 0.3 is 12.4 Å². The van der Waals surface area contributed by atoms with E-state index in [4.69, 9.17) is 5.10 Å². The van der Waals surface area contributed by atoms with Crippen molar-refractivity contribution in [1.29, 1.82) is 0 Å². The fourth-order valence-electron chi connectivity index (χ4n) is 4.32. The highest BCUT2D eigenvalue weighted by atomic mass is 32.2. The second-order valence-electron chi connectivity index (χ2n) is 8.13. The SMILES string of the molecule is CCCN1N=C2/C(=C\c3cccc(C(F)(F)F)c3)CSCC2C1c1cccc(C(F)(F)F)c1. The maximum Gasteiger partial charge on any atom is 0.416 e. The molecule has 2 aromatic rings. The normalized spacial score (nSPS) is 22.5. The van der Waals surface area contributed by atoms with Gasteiger partial charge in [-0.1, -0.05) is 31.2 Å². The molecule has 0 amide bonds. The van der Waals surface area contributed by atoms with Gasteiger partial charge < -0.3 is 0 Å². The Kier molecular flexibility index (Phi) is 6.53. The van der Waals surface area contributed by atoms with Crippen LogP contribution in [0, 0.1) is 5.92 Å². The van der Waals surface area contributed by atoms with E-state index in [9.17, 15) is 26.3 Å². The highest BCUT2D eigenvalue weighted by Gasteiger charge is 2.42. The first-order chi connectivity index (χ1) is 15.6. The first-order valence-electron chi connectivity index (χ1n) is 10.6. The van der Waals surface area contributed by atoms with Crippen molar-refractivity contribution in [3.63, 3.8) is 0 Å². The van der Waals surface area contributed by atoms with Crippen LogP contribution in [-0.4, -0.2) is 28.8 Å². The fraction of sp³-hybridized carbons (Fsp3) is 0.375. The predicted molar refractivity (Wildman–Crippen MR) is 119 cm³/mol. The third-order valence-corrected chi connectivity index (χ3v) is 6.85. The van der Waals surface area contributed by atoms with E-state index in [-0.39, 0.29) is 12.0 Å². The largest absolute Gasteiger partial charge is 0.416 e. The number of hydrazone groups is 1. The molecule has 4 rings (SSSR count). The van der Waals surface area contributed by atoms with Gasteiger partial charge in [0.1, 0.15) is 0 Å². The minimum atomic E-state index is -4.44. The summed E-state index contributed by atoms with van der Waals surface area (Å²) in [6.45, 7) is 2.54. The number of hydrogen-bond acceptors (Lipinski definition) is 3. The smallest absolute Gasteiger partial charge is 0.289 e. The molecule has 1 saturated heterocycles. The topological polar surface area (TPSA) is 15.6 Å². The number of hydrogen-bond donors (Lipinski definition) is 0. The standard InChI is InChI=1S/C24H22F6N2S/c1-2-9-32-22(16-6-4-8-19(12-16)24(28,29)30)20-14-33-13-17(21(20)31-32)10-15-5-3-7-18(11-15)23(25,26)27/h3-8,10-12,20,22H,2,9,13-14H2,1H3/b17-10-. The van der Waals surface area contributed by atoms with Crippen LogP contribution in [0.2, 0.25) is 0 Å². The lowest BCUT2D eigenvalue weighted by atomic mass is 9.87. The highest BCUT2D eigenvalue weighted by Crippen LogP contribution is 2.44. The molecule has 0 aliphatic carbocycles. The van der Waals surface area contributed by atoms with E-state index in [2.05, 4.69) is 0 Å². The second kappa shape index (κ2) is 9.08. The number of rotatable bonds is 4. The van der Waals surface area contributed by atoms with Gasteiger partial charge in [-0.15, -0.1) is 0 Å². The van der Waals surface area contributed by atoms with Crippen molar-refractivity contribution in [2.24, 2.45) is 11.0 Å². The van der Waals surface area contributed by atoms with E-state index in [1.807, 2.05) is 11.9 Å². The molecule has 2 nitrogen and oxygen atoms in total. The molecular weight excluding hydrogens is 462 g/mol. The number of benzene rings is 2. The zero-order valence-corrected chi connectivity index (χ0v) is 18.6. The maximum absolute atomic E-state index is 13.3. The van der Waals surface area contributed by atoms with Crippen LogP contribution in [0.1, 0.15) is 41.6 Å². The van der Waals surface area contributed by atoms with E-state index in [1.54, 1.807) is 30.0 Å². The molecule has 0 aromatic heterocycles. The molecule has 1 fully saturated rings. The van der Waals surface area contributed by atoms with Crippen molar-refractivity contribution in [2.75, 3.05) is 18.1 Å². The van der Waals surface area contributed by atoms with Crippen molar-refractivity contribution in [1.82, 2.24) is 5.01 Å². The fourth-order valence-corrected chi connectivity index (χ4v) is 5.48. The average molecular weight is 485 g/mol. The summed E-state index contributed by atoms with van der Waals surface area (Å²) in [6.07, 6.45) is -6.40. The van der Waals surface area contributed by atoms with Crippen LogP contribution < -0.4 is 0 Å². The van der Waals surface area contributed by atoms with Gasteiger partial charge in [-0.05, 0) is 53.5 Å². The molecule has 2 aliphatic rings. The summed E-state index contributed by atoms with van der Waals surface area (Å²) < 4.78 is 79.3.